The van der Waals surface area contributed by atoms with Crippen molar-refractivity contribution < 1.29 is 13.6 Å². The van der Waals surface area contributed by atoms with E-state index in [1.165, 1.54) is 24.8 Å². The van der Waals surface area contributed by atoms with Crippen LogP contribution >= 0.6 is 0 Å². The van der Waals surface area contributed by atoms with Crippen molar-refractivity contribution in [2.75, 3.05) is 31.9 Å². The smallest absolute Gasteiger partial charge is 0.319 e. The number of anilines is 1. The molecule has 1 saturated heterocycles. The van der Waals surface area contributed by atoms with E-state index in [0.29, 0.717) is 38.5 Å². The standard InChI is InChI=1S/C14H17F2N7O/c15-14(16)23-4-3-18-10(23)9-21-5-7-22(8-6-21)13(24)11-12(17)20-2-1-19-11/h1-4,14H,5-9H2,(H2,17,20). The summed E-state index contributed by atoms with van der Waals surface area (Å²) in [6.07, 6.45) is 5.47. The van der Waals surface area contributed by atoms with Crippen LogP contribution in [0.3, 0.4) is 0 Å². The second kappa shape index (κ2) is 6.87. The molecule has 0 saturated carbocycles. The molecule has 0 aliphatic carbocycles. The van der Waals surface area contributed by atoms with Crippen LogP contribution in [0.5, 0.6) is 0 Å². The van der Waals surface area contributed by atoms with E-state index in [1.54, 1.807) is 4.90 Å². The number of nitrogen functional groups attached to an aromatic ring is 1. The van der Waals surface area contributed by atoms with Gasteiger partial charge in [0.25, 0.3) is 5.91 Å². The summed E-state index contributed by atoms with van der Waals surface area (Å²) in [5, 5.41) is 0. The van der Waals surface area contributed by atoms with Gasteiger partial charge in [0, 0.05) is 51.0 Å². The molecule has 0 radical (unpaired) electrons. The maximum atomic E-state index is 12.8. The van der Waals surface area contributed by atoms with Crippen molar-refractivity contribution >= 4 is 11.7 Å². The summed E-state index contributed by atoms with van der Waals surface area (Å²) in [5.41, 5.74) is 5.82. The van der Waals surface area contributed by atoms with Crippen molar-refractivity contribution in [3.8, 4) is 0 Å². The van der Waals surface area contributed by atoms with Gasteiger partial charge >= 0.3 is 6.55 Å². The van der Waals surface area contributed by atoms with Gasteiger partial charge in [0.2, 0.25) is 0 Å². The average Bonchev–Trinajstić information content (AvgIpc) is 3.04. The van der Waals surface area contributed by atoms with Crippen molar-refractivity contribution in [2.24, 2.45) is 0 Å². The number of hydrogen-bond donors (Lipinski definition) is 1. The van der Waals surface area contributed by atoms with E-state index in [-0.39, 0.29) is 17.4 Å². The van der Waals surface area contributed by atoms with Gasteiger partial charge in [0.15, 0.2) is 11.5 Å². The van der Waals surface area contributed by atoms with E-state index < -0.39 is 6.55 Å². The molecular formula is C14H17F2N7O. The zero-order valence-electron chi connectivity index (χ0n) is 12.8. The van der Waals surface area contributed by atoms with Crippen LogP contribution in [0, 0.1) is 0 Å². The van der Waals surface area contributed by atoms with Crippen LogP contribution in [0.4, 0.5) is 14.6 Å². The number of imidazole rings is 1. The molecule has 2 aromatic heterocycles. The summed E-state index contributed by atoms with van der Waals surface area (Å²) in [4.78, 5) is 27.8. The Kier molecular flexibility index (Phi) is 4.65. The fraction of sp³-hybridized carbons (Fsp3) is 0.429. The first-order valence-corrected chi connectivity index (χ1v) is 7.44. The van der Waals surface area contributed by atoms with Crippen LogP contribution in [0.25, 0.3) is 0 Å². The topological polar surface area (TPSA) is 93.2 Å². The van der Waals surface area contributed by atoms with Gasteiger partial charge in [-0.2, -0.15) is 8.78 Å². The van der Waals surface area contributed by atoms with Crippen molar-refractivity contribution in [3.63, 3.8) is 0 Å². The van der Waals surface area contributed by atoms with Crippen molar-refractivity contribution in [1.82, 2.24) is 29.3 Å². The van der Waals surface area contributed by atoms with Crippen LogP contribution in [-0.4, -0.2) is 61.4 Å². The fourth-order valence-electron chi connectivity index (χ4n) is 2.62. The zero-order chi connectivity index (χ0) is 17.1. The molecule has 0 aromatic carbocycles. The number of nitrogens with two attached hydrogens (primary N) is 1. The minimum absolute atomic E-state index is 0.101. The Hall–Kier alpha value is -2.62. The second-order valence-corrected chi connectivity index (χ2v) is 5.39. The number of alkyl halides is 2. The predicted molar refractivity (Wildman–Crippen MR) is 81.1 cm³/mol. The summed E-state index contributed by atoms with van der Waals surface area (Å²) < 4.78 is 26.5. The lowest BCUT2D eigenvalue weighted by atomic mass is 10.2. The fourth-order valence-corrected chi connectivity index (χ4v) is 2.62. The number of nitrogens with zero attached hydrogens (tertiary/aromatic N) is 6. The maximum absolute atomic E-state index is 12.8. The molecular weight excluding hydrogens is 320 g/mol. The number of piperazine rings is 1. The number of carbonyl (C=O) groups is 1. The SMILES string of the molecule is Nc1nccnc1C(=O)N1CCN(Cc2nccn2C(F)F)CC1. The van der Waals surface area contributed by atoms with Crippen molar-refractivity contribution in [3.05, 3.63) is 36.3 Å². The molecule has 0 atom stereocenters. The average molecular weight is 337 g/mol. The Morgan fingerprint density at radius 3 is 2.50 bits per heavy atom. The third-order valence-electron chi connectivity index (χ3n) is 3.91. The van der Waals surface area contributed by atoms with Crippen LogP contribution < -0.4 is 5.73 Å². The first kappa shape index (κ1) is 16.2. The van der Waals surface area contributed by atoms with Gasteiger partial charge in [-0.15, -0.1) is 0 Å². The van der Waals surface area contributed by atoms with Crippen LogP contribution in [0.15, 0.2) is 24.8 Å². The van der Waals surface area contributed by atoms with E-state index >= 15 is 0 Å². The molecule has 1 aliphatic rings. The Morgan fingerprint density at radius 2 is 1.83 bits per heavy atom. The molecule has 10 heteroatoms. The number of aromatic nitrogens is 4. The Labute approximate surface area is 136 Å². The highest BCUT2D eigenvalue weighted by atomic mass is 19.3. The molecule has 2 aromatic rings. The minimum Gasteiger partial charge on any atom is -0.382 e. The molecule has 3 heterocycles. The lowest BCUT2D eigenvalue weighted by molar-refractivity contribution is 0.0553. The molecule has 128 valence electrons. The molecule has 0 bridgehead atoms. The van der Waals surface area contributed by atoms with Crippen molar-refractivity contribution in [1.29, 1.82) is 0 Å². The van der Waals surface area contributed by atoms with E-state index in [9.17, 15) is 13.6 Å². The molecule has 3 rings (SSSR count). The van der Waals surface area contributed by atoms with Crippen LogP contribution in [-0.2, 0) is 6.54 Å². The van der Waals surface area contributed by atoms with E-state index in [4.69, 9.17) is 5.73 Å². The number of carbonyl (C=O) groups excluding carboxylic acids is 1. The van der Waals surface area contributed by atoms with Crippen molar-refractivity contribution in [2.45, 2.75) is 13.1 Å². The first-order valence-electron chi connectivity index (χ1n) is 7.44. The second-order valence-electron chi connectivity index (χ2n) is 5.39. The van der Waals surface area contributed by atoms with Gasteiger partial charge in [-0.05, 0) is 0 Å². The summed E-state index contributed by atoms with van der Waals surface area (Å²) in [5.74, 6) is 0.140. The van der Waals surface area contributed by atoms with E-state index in [1.807, 2.05) is 4.90 Å². The van der Waals surface area contributed by atoms with Gasteiger partial charge in [-0.1, -0.05) is 0 Å². The monoisotopic (exact) mass is 337 g/mol. The van der Waals surface area contributed by atoms with E-state index in [0.717, 1.165) is 4.57 Å². The molecule has 1 amide bonds. The Morgan fingerprint density at radius 1 is 1.12 bits per heavy atom. The van der Waals surface area contributed by atoms with Crippen LogP contribution in [0.2, 0.25) is 0 Å². The Bertz CT molecular complexity index is 713. The third-order valence-corrected chi connectivity index (χ3v) is 3.91. The highest BCUT2D eigenvalue weighted by Crippen LogP contribution is 2.16. The first-order chi connectivity index (χ1) is 11.6. The Balaban J connectivity index is 1.59. The van der Waals surface area contributed by atoms with Gasteiger partial charge in [-0.3, -0.25) is 14.3 Å². The molecule has 24 heavy (non-hydrogen) atoms. The van der Waals surface area contributed by atoms with E-state index in [2.05, 4.69) is 15.0 Å². The molecule has 0 spiro atoms. The molecule has 8 nitrogen and oxygen atoms in total. The molecule has 0 unspecified atom stereocenters. The normalized spacial score (nSPS) is 15.9. The zero-order valence-corrected chi connectivity index (χ0v) is 12.8. The largest absolute Gasteiger partial charge is 0.382 e. The summed E-state index contributed by atoms with van der Waals surface area (Å²) in [6.45, 7) is -0.254. The molecule has 1 aliphatic heterocycles. The predicted octanol–water partition coefficient (Wildman–Crippen LogP) is 0.608. The molecule has 2 N–H and O–H groups in total. The number of hydrogen-bond acceptors (Lipinski definition) is 6. The quantitative estimate of drug-likeness (QED) is 0.879. The highest BCUT2D eigenvalue weighted by molar-refractivity contribution is 5.96. The number of rotatable bonds is 4. The maximum Gasteiger partial charge on any atom is 0.319 e. The lowest BCUT2D eigenvalue weighted by Gasteiger charge is -2.34. The van der Waals surface area contributed by atoms with Gasteiger partial charge in [0.05, 0.1) is 6.54 Å². The highest BCUT2D eigenvalue weighted by Gasteiger charge is 2.25. The van der Waals surface area contributed by atoms with Gasteiger partial charge in [0.1, 0.15) is 5.82 Å². The summed E-state index contributed by atoms with van der Waals surface area (Å²) >= 11 is 0. The third kappa shape index (κ3) is 3.32. The minimum atomic E-state index is -2.61. The number of halogens is 2. The summed E-state index contributed by atoms with van der Waals surface area (Å²) in [7, 11) is 0. The molecule has 1 fully saturated rings. The van der Waals surface area contributed by atoms with Crippen LogP contribution in [0.1, 0.15) is 22.9 Å². The number of amides is 1. The lowest BCUT2D eigenvalue weighted by Crippen LogP contribution is -2.48. The summed E-state index contributed by atoms with van der Waals surface area (Å²) in [6, 6.07) is 0. The van der Waals surface area contributed by atoms with Gasteiger partial charge < -0.3 is 10.6 Å². The van der Waals surface area contributed by atoms with Gasteiger partial charge in [-0.25, -0.2) is 15.0 Å².